The zero-order chi connectivity index (χ0) is 17.5. The Morgan fingerprint density at radius 3 is 2.96 bits per heavy atom. The van der Waals surface area contributed by atoms with E-state index in [1.165, 1.54) is 7.11 Å². The molecule has 1 atom stereocenters. The normalized spacial score (nSPS) is 17.8. The summed E-state index contributed by atoms with van der Waals surface area (Å²) in [6.07, 6.45) is 3.74. The number of hydrogen-bond donors (Lipinski definition) is 1. The molecule has 1 aliphatic heterocycles. The molecular weight excluding hydrogens is 326 g/mol. The fraction of sp³-hybridized carbons (Fsp3) is 0.706. The van der Waals surface area contributed by atoms with Crippen molar-refractivity contribution in [2.45, 2.75) is 46.1 Å². The van der Waals surface area contributed by atoms with Gasteiger partial charge in [0.25, 0.3) is 0 Å². The highest BCUT2D eigenvalue weighted by atomic mass is 32.1. The van der Waals surface area contributed by atoms with Gasteiger partial charge in [-0.15, -0.1) is 11.3 Å². The summed E-state index contributed by atoms with van der Waals surface area (Å²) in [6.45, 7) is 5.92. The van der Waals surface area contributed by atoms with Crippen molar-refractivity contribution in [3.63, 3.8) is 0 Å². The van der Waals surface area contributed by atoms with Crippen molar-refractivity contribution in [3.05, 3.63) is 15.6 Å². The quantitative estimate of drug-likeness (QED) is 0.813. The van der Waals surface area contributed by atoms with Crippen molar-refractivity contribution in [1.29, 1.82) is 0 Å². The topological polar surface area (TPSA) is 71.5 Å². The van der Waals surface area contributed by atoms with Gasteiger partial charge in [-0.2, -0.15) is 0 Å². The van der Waals surface area contributed by atoms with Crippen molar-refractivity contribution in [3.8, 4) is 0 Å². The molecule has 2 amide bonds. The predicted molar refractivity (Wildman–Crippen MR) is 93.9 cm³/mol. The maximum atomic E-state index is 12.4. The summed E-state index contributed by atoms with van der Waals surface area (Å²) in [5.74, 6) is -0.157. The molecule has 0 bridgehead atoms. The van der Waals surface area contributed by atoms with Gasteiger partial charge in [0, 0.05) is 25.1 Å². The number of nitrogens with one attached hydrogen (secondary N) is 1. The molecule has 1 aliphatic rings. The number of hydrogen-bond acceptors (Lipinski definition) is 5. The van der Waals surface area contributed by atoms with Crippen LogP contribution in [0.3, 0.4) is 0 Å². The molecular formula is C17H27N3O3S. The highest BCUT2D eigenvalue weighted by Gasteiger charge is 2.28. The summed E-state index contributed by atoms with van der Waals surface area (Å²) < 4.78 is 4.90. The molecule has 0 saturated carbocycles. The molecule has 1 N–H and O–H groups in total. The van der Waals surface area contributed by atoms with Gasteiger partial charge in [-0.1, -0.05) is 6.92 Å². The third-order valence-electron chi connectivity index (χ3n) is 4.24. The molecule has 6 nitrogen and oxygen atoms in total. The van der Waals surface area contributed by atoms with Crippen LogP contribution in [-0.2, 0) is 27.3 Å². The maximum absolute atomic E-state index is 12.4. The van der Waals surface area contributed by atoms with Gasteiger partial charge in [0.2, 0.25) is 11.8 Å². The Bertz CT molecular complexity index is 573. The van der Waals surface area contributed by atoms with E-state index in [2.05, 4.69) is 17.2 Å². The standard InChI is InChI=1S/C17H27N3O3S/c1-4-6-15-19-12(2)14(24-15)9-18-17(22)13-7-5-8-20(10-13)16(21)11-23-3/h13H,4-11H2,1-3H3,(H,18,22)/t13-/m0/s1. The average molecular weight is 353 g/mol. The summed E-state index contributed by atoms with van der Waals surface area (Å²) in [6, 6.07) is 0. The van der Waals surface area contributed by atoms with E-state index in [0.717, 1.165) is 41.3 Å². The lowest BCUT2D eigenvalue weighted by molar-refractivity contribution is -0.139. The largest absolute Gasteiger partial charge is 0.375 e. The van der Waals surface area contributed by atoms with Crippen LogP contribution in [0.4, 0.5) is 0 Å². The molecule has 0 spiro atoms. The Hall–Kier alpha value is -1.47. The van der Waals surface area contributed by atoms with Crippen LogP contribution in [0.1, 0.15) is 41.8 Å². The monoisotopic (exact) mass is 353 g/mol. The first-order valence-electron chi connectivity index (χ1n) is 8.54. The van der Waals surface area contributed by atoms with Gasteiger partial charge < -0.3 is 15.0 Å². The van der Waals surface area contributed by atoms with E-state index in [-0.39, 0.29) is 24.3 Å². The van der Waals surface area contributed by atoms with Crippen molar-refractivity contribution in [2.24, 2.45) is 5.92 Å². The molecule has 2 heterocycles. The summed E-state index contributed by atoms with van der Waals surface area (Å²) in [7, 11) is 1.51. The lowest BCUT2D eigenvalue weighted by Gasteiger charge is -2.31. The van der Waals surface area contributed by atoms with Gasteiger partial charge in [-0.25, -0.2) is 4.98 Å². The lowest BCUT2D eigenvalue weighted by atomic mass is 9.97. The van der Waals surface area contributed by atoms with E-state index in [9.17, 15) is 9.59 Å². The Morgan fingerprint density at radius 1 is 1.46 bits per heavy atom. The molecule has 0 unspecified atom stereocenters. The van der Waals surface area contributed by atoms with Crippen molar-refractivity contribution in [2.75, 3.05) is 26.8 Å². The number of ether oxygens (including phenoxy) is 1. The van der Waals surface area contributed by atoms with Gasteiger partial charge in [0.05, 0.1) is 23.2 Å². The van der Waals surface area contributed by atoms with Crippen LogP contribution in [0.2, 0.25) is 0 Å². The minimum Gasteiger partial charge on any atom is -0.375 e. The number of nitrogens with zero attached hydrogens (tertiary/aromatic N) is 2. The van der Waals surface area contributed by atoms with Crippen LogP contribution < -0.4 is 5.32 Å². The first-order chi connectivity index (χ1) is 11.5. The Kier molecular flexibility index (Phi) is 7.17. The number of piperidine rings is 1. The molecule has 0 aliphatic carbocycles. The van der Waals surface area contributed by atoms with Crippen LogP contribution in [0, 0.1) is 12.8 Å². The summed E-state index contributed by atoms with van der Waals surface area (Å²) in [4.78, 5) is 31.8. The third-order valence-corrected chi connectivity index (χ3v) is 5.45. The maximum Gasteiger partial charge on any atom is 0.248 e. The number of carbonyl (C=O) groups excluding carboxylic acids is 2. The lowest BCUT2D eigenvalue weighted by Crippen LogP contribution is -2.46. The van der Waals surface area contributed by atoms with Gasteiger partial charge in [-0.05, 0) is 32.6 Å². The predicted octanol–water partition coefficient (Wildman–Crippen LogP) is 1.91. The number of carbonyl (C=O) groups is 2. The second-order valence-electron chi connectivity index (χ2n) is 6.20. The van der Waals surface area contributed by atoms with Crippen molar-refractivity contribution >= 4 is 23.2 Å². The number of aromatic nitrogens is 1. The summed E-state index contributed by atoms with van der Waals surface area (Å²) in [5.41, 5.74) is 1.00. The van der Waals surface area contributed by atoms with Gasteiger partial charge in [0.1, 0.15) is 6.61 Å². The first-order valence-corrected chi connectivity index (χ1v) is 9.36. The number of amides is 2. The van der Waals surface area contributed by atoms with E-state index in [1.807, 2.05) is 6.92 Å². The summed E-state index contributed by atoms with van der Waals surface area (Å²) >= 11 is 1.68. The number of rotatable bonds is 7. The highest BCUT2D eigenvalue weighted by molar-refractivity contribution is 7.11. The fourth-order valence-corrected chi connectivity index (χ4v) is 4.03. The Morgan fingerprint density at radius 2 is 2.25 bits per heavy atom. The number of thiazole rings is 1. The molecule has 7 heteroatoms. The second kappa shape index (κ2) is 9.13. The Balaban J connectivity index is 1.86. The molecule has 24 heavy (non-hydrogen) atoms. The minimum absolute atomic E-state index is 0.0229. The zero-order valence-electron chi connectivity index (χ0n) is 14.8. The van der Waals surface area contributed by atoms with Gasteiger partial charge >= 0.3 is 0 Å². The molecule has 1 saturated heterocycles. The fourth-order valence-electron chi connectivity index (χ4n) is 2.92. The number of likely N-dealkylation sites (tertiary alicyclic amines) is 1. The summed E-state index contributed by atoms with van der Waals surface area (Å²) in [5, 5.41) is 4.15. The molecule has 2 rings (SSSR count). The van der Waals surface area contributed by atoms with Crippen molar-refractivity contribution < 1.29 is 14.3 Å². The van der Waals surface area contributed by atoms with Crippen molar-refractivity contribution in [1.82, 2.24) is 15.2 Å². The van der Waals surface area contributed by atoms with Crippen LogP contribution >= 0.6 is 11.3 Å². The smallest absolute Gasteiger partial charge is 0.248 e. The van der Waals surface area contributed by atoms with Crippen LogP contribution in [0.5, 0.6) is 0 Å². The van der Waals surface area contributed by atoms with Gasteiger partial charge in [-0.3, -0.25) is 9.59 Å². The first kappa shape index (κ1) is 18.9. The van der Waals surface area contributed by atoms with Gasteiger partial charge in [0.15, 0.2) is 0 Å². The average Bonchev–Trinajstić information content (AvgIpc) is 2.93. The molecule has 1 aromatic heterocycles. The van der Waals surface area contributed by atoms with E-state index >= 15 is 0 Å². The van der Waals surface area contributed by atoms with E-state index in [0.29, 0.717) is 19.6 Å². The highest BCUT2D eigenvalue weighted by Crippen LogP contribution is 2.20. The molecule has 1 aromatic rings. The number of aryl methyl sites for hydroxylation is 2. The zero-order valence-corrected chi connectivity index (χ0v) is 15.6. The molecule has 0 aromatic carbocycles. The van der Waals surface area contributed by atoms with E-state index in [1.54, 1.807) is 16.2 Å². The van der Waals surface area contributed by atoms with Crippen LogP contribution in [0.15, 0.2) is 0 Å². The van der Waals surface area contributed by atoms with Crippen LogP contribution in [0.25, 0.3) is 0 Å². The SMILES string of the molecule is CCCc1nc(C)c(CNC(=O)[C@H]2CCCN(C(=O)COC)C2)s1. The Labute approximate surface area is 147 Å². The van der Waals surface area contributed by atoms with E-state index in [4.69, 9.17) is 4.74 Å². The molecule has 0 radical (unpaired) electrons. The van der Waals surface area contributed by atoms with E-state index < -0.39 is 0 Å². The second-order valence-corrected chi connectivity index (χ2v) is 7.36. The number of methoxy groups -OCH3 is 1. The minimum atomic E-state index is -0.136. The third kappa shape index (κ3) is 5.01. The van der Waals surface area contributed by atoms with Crippen LogP contribution in [-0.4, -0.2) is 48.5 Å². The molecule has 134 valence electrons. The molecule has 1 fully saturated rings.